The minimum atomic E-state index is -3.13. The summed E-state index contributed by atoms with van der Waals surface area (Å²) in [5.41, 5.74) is 0.338. The van der Waals surface area contributed by atoms with Crippen molar-refractivity contribution in [1.29, 1.82) is 0 Å². The Morgan fingerprint density at radius 2 is 1.83 bits per heavy atom. The van der Waals surface area contributed by atoms with Crippen LogP contribution in [0.15, 0.2) is 24.3 Å². The number of rotatable bonds is 1. The molecule has 1 aromatic carbocycles. The lowest BCUT2D eigenvalue weighted by atomic mass is 9.98. The second-order valence-corrected chi connectivity index (χ2v) is 7.93. The largest absolute Gasteiger partial charge is 0.303 e. The van der Waals surface area contributed by atoms with Gasteiger partial charge in [-0.25, -0.2) is 12.8 Å². The van der Waals surface area contributed by atoms with Crippen molar-refractivity contribution in [1.82, 2.24) is 5.32 Å². The van der Waals surface area contributed by atoms with Gasteiger partial charge in [0.05, 0.1) is 11.0 Å². The Morgan fingerprint density at radius 1 is 1.28 bits per heavy atom. The molecule has 0 saturated carbocycles. The molecule has 1 saturated heterocycles. The molecule has 5 heteroatoms. The highest BCUT2D eigenvalue weighted by Crippen LogP contribution is 2.31. The predicted octanol–water partition coefficient (Wildman–Crippen LogP) is 2.05. The Balaban J connectivity index is 2.40. The van der Waals surface area contributed by atoms with Gasteiger partial charge < -0.3 is 5.32 Å². The normalized spacial score (nSPS) is 30.0. The van der Waals surface area contributed by atoms with Gasteiger partial charge >= 0.3 is 0 Å². The fourth-order valence-corrected chi connectivity index (χ4v) is 4.44. The van der Waals surface area contributed by atoms with Crippen LogP contribution < -0.4 is 5.32 Å². The van der Waals surface area contributed by atoms with E-state index in [1.165, 1.54) is 12.1 Å². The lowest BCUT2D eigenvalue weighted by Gasteiger charge is -2.40. The van der Waals surface area contributed by atoms with Crippen molar-refractivity contribution in [2.75, 3.05) is 5.75 Å². The van der Waals surface area contributed by atoms with Crippen LogP contribution in [0.2, 0.25) is 0 Å². The van der Waals surface area contributed by atoms with Gasteiger partial charge in [0, 0.05) is 11.6 Å². The van der Waals surface area contributed by atoms with Gasteiger partial charge in [-0.05, 0) is 38.5 Å². The molecule has 3 nitrogen and oxygen atoms in total. The van der Waals surface area contributed by atoms with Gasteiger partial charge in [-0.15, -0.1) is 0 Å². The van der Waals surface area contributed by atoms with Crippen LogP contribution in [0, 0.1) is 5.82 Å². The average molecular weight is 271 g/mol. The zero-order chi connectivity index (χ0) is 13.6. The lowest BCUT2D eigenvalue weighted by molar-refractivity contribution is 0.334. The summed E-state index contributed by atoms with van der Waals surface area (Å²) in [6.45, 7) is 5.44. The third-order valence-electron chi connectivity index (χ3n) is 3.37. The van der Waals surface area contributed by atoms with Gasteiger partial charge in [0.15, 0.2) is 9.84 Å². The molecule has 0 bridgehead atoms. The second kappa shape index (κ2) is 4.31. The quantitative estimate of drug-likeness (QED) is 0.850. The minimum absolute atomic E-state index is 0.124. The van der Waals surface area contributed by atoms with E-state index in [1.807, 2.05) is 13.8 Å². The fourth-order valence-electron chi connectivity index (χ4n) is 2.45. The third kappa shape index (κ3) is 2.57. The van der Waals surface area contributed by atoms with E-state index in [0.29, 0.717) is 0 Å². The van der Waals surface area contributed by atoms with Crippen molar-refractivity contribution in [3.05, 3.63) is 35.6 Å². The summed E-state index contributed by atoms with van der Waals surface area (Å²) >= 11 is 0. The van der Waals surface area contributed by atoms with E-state index in [2.05, 4.69) is 5.32 Å². The molecule has 18 heavy (non-hydrogen) atoms. The molecule has 1 heterocycles. The van der Waals surface area contributed by atoms with Gasteiger partial charge in [-0.1, -0.05) is 12.1 Å². The predicted molar refractivity (Wildman–Crippen MR) is 69.6 cm³/mol. The Kier molecular flexibility index (Phi) is 3.23. The molecule has 1 N–H and O–H groups in total. The molecule has 100 valence electrons. The molecule has 0 spiro atoms. The SMILES string of the molecule is CC1C(c2ccc(F)cc2)NC(C)(C)CS1(=O)=O. The number of sulfone groups is 1. The molecule has 0 aromatic heterocycles. The Morgan fingerprint density at radius 3 is 2.39 bits per heavy atom. The van der Waals surface area contributed by atoms with E-state index in [4.69, 9.17) is 0 Å². The van der Waals surface area contributed by atoms with Gasteiger partial charge in [0.2, 0.25) is 0 Å². The first-order valence-electron chi connectivity index (χ1n) is 5.96. The number of hydrogen-bond donors (Lipinski definition) is 1. The van der Waals surface area contributed by atoms with Crippen molar-refractivity contribution in [2.45, 2.75) is 37.6 Å². The number of benzene rings is 1. The molecule has 2 unspecified atom stereocenters. The highest BCUT2D eigenvalue weighted by Gasteiger charge is 2.42. The first kappa shape index (κ1) is 13.5. The van der Waals surface area contributed by atoms with Crippen molar-refractivity contribution < 1.29 is 12.8 Å². The summed E-state index contributed by atoms with van der Waals surface area (Å²) in [7, 11) is -3.13. The first-order valence-corrected chi connectivity index (χ1v) is 7.68. The van der Waals surface area contributed by atoms with Crippen LogP contribution in [0.4, 0.5) is 4.39 Å². The Labute approximate surface area is 107 Å². The van der Waals surface area contributed by atoms with Crippen LogP contribution in [0.3, 0.4) is 0 Å². The number of hydrogen-bond acceptors (Lipinski definition) is 3. The molecule has 2 rings (SSSR count). The van der Waals surface area contributed by atoms with Crippen molar-refractivity contribution in [3.63, 3.8) is 0 Å². The highest BCUT2D eigenvalue weighted by atomic mass is 32.2. The molecule has 1 aliphatic rings. The Hall–Kier alpha value is -0.940. The van der Waals surface area contributed by atoms with E-state index < -0.39 is 20.6 Å². The highest BCUT2D eigenvalue weighted by molar-refractivity contribution is 7.92. The summed E-state index contributed by atoms with van der Waals surface area (Å²) in [4.78, 5) is 0. The zero-order valence-corrected chi connectivity index (χ0v) is 11.6. The molecule has 1 aromatic rings. The Bertz CT molecular complexity index is 537. The lowest BCUT2D eigenvalue weighted by Crippen LogP contribution is -2.57. The maximum Gasteiger partial charge on any atom is 0.156 e. The molecule has 0 amide bonds. The molecular formula is C13H18FNO2S. The van der Waals surface area contributed by atoms with Crippen LogP contribution in [0.1, 0.15) is 32.4 Å². The topological polar surface area (TPSA) is 46.2 Å². The van der Waals surface area contributed by atoms with E-state index in [-0.39, 0.29) is 17.6 Å². The summed E-state index contributed by atoms with van der Waals surface area (Å²) in [5, 5.41) is 2.83. The van der Waals surface area contributed by atoms with Gasteiger partial charge in [-0.2, -0.15) is 0 Å². The van der Waals surface area contributed by atoms with E-state index in [9.17, 15) is 12.8 Å². The maximum absolute atomic E-state index is 12.9. The van der Waals surface area contributed by atoms with E-state index in [0.717, 1.165) is 5.56 Å². The van der Waals surface area contributed by atoms with Crippen molar-refractivity contribution >= 4 is 9.84 Å². The van der Waals surface area contributed by atoms with Crippen LogP contribution in [0.25, 0.3) is 0 Å². The van der Waals surface area contributed by atoms with Crippen LogP contribution in [-0.4, -0.2) is 25.0 Å². The van der Waals surface area contributed by atoms with Gasteiger partial charge in [-0.3, -0.25) is 0 Å². The standard InChI is InChI=1S/C13H18FNO2S/c1-9-12(10-4-6-11(14)7-5-10)15-13(2,3)8-18(9,16)17/h4-7,9,12,15H,8H2,1-3H3. The molecular weight excluding hydrogens is 253 g/mol. The smallest absolute Gasteiger partial charge is 0.156 e. The summed E-state index contributed by atoms with van der Waals surface area (Å²) in [5.74, 6) is -0.192. The molecule has 1 aliphatic heterocycles. The average Bonchev–Trinajstić information content (AvgIpc) is 2.23. The minimum Gasteiger partial charge on any atom is -0.303 e. The fraction of sp³-hybridized carbons (Fsp3) is 0.538. The molecule has 0 aliphatic carbocycles. The molecule has 2 atom stereocenters. The van der Waals surface area contributed by atoms with Crippen LogP contribution >= 0.6 is 0 Å². The van der Waals surface area contributed by atoms with Gasteiger partial charge in [0.1, 0.15) is 5.82 Å². The zero-order valence-electron chi connectivity index (χ0n) is 10.8. The van der Waals surface area contributed by atoms with E-state index in [1.54, 1.807) is 19.1 Å². The second-order valence-electron chi connectivity index (χ2n) is 5.57. The molecule has 1 fully saturated rings. The van der Waals surface area contributed by atoms with Crippen LogP contribution in [-0.2, 0) is 9.84 Å². The summed E-state index contributed by atoms with van der Waals surface area (Å²) in [6.07, 6.45) is 0. The summed E-state index contributed by atoms with van der Waals surface area (Å²) in [6, 6.07) is 5.70. The van der Waals surface area contributed by atoms with Gasteiger partial charge in [0.25, 0.3) is 0 Å². The number of halogens is 1. The summed E-state index contributed by atoms with van der Waals surface area (Å²) < 4.78 is 37.2. The monoisotopic (exact) mass is 271 g/mol. The molecule has 0 radical (unpaired) electrons. The van der Waals surface area contributed by atoms with Crippen molar-refractivity contribution in [3.8, 4) is 0 Å². The van der Waals surface area contributed by atoms with E-state index >= 15 is 0 Å². The van der Waals surface area contributed by atoms with Crippen LogP contribution in [0.5, 0.6) is 0 Å². The first-order chi connectivity index (χ1) is 8.21. The number of nitrogens with one attached hydrogen (secondary N) is 1. The van der Waals surface area contributed by atoms with Crippen molar-refractivity contribution in [2.24, 2.45) is 0 Å². The third-order valence-corrected chi connectivity index (χ3v) is 5.90. The maximum atomic E-state index is 12.9.